The average Bonchev–Trinajstić information content (AvgIpc) is 2.66. The zero-order valence-electron chi connectivity index (χ0n) is 15.2. The van der Waals surface area contributed by atoms with Gasteiger partial charge in [-0.25, -0.2) is 9.38 Å². The highest BCUT2D eigenvalue weighted by atomic mass is 19.1. The first kappa shape index (κ1) is 19.5. The molecule has 0 atom stereocenters. The molecule has 2 aromatic rings. The van der Waals surface area contributed by atoms with Crippen molar-refractivity contribution in [3.8, 4) is 11.5 Å². The van der Waals surface area contributed by atoms with Crippen LogP contribution in [0.1, 0.15) is 6.92 Å². The number of rotatable bonds is 9. The second-order valence-corrected chi connectivity index (χ2v) is 5.50. The average molecular weight is 360 g/mol. The van der Waals surface area contributed by atoms with Gasteiger partial charge in [0.25, 0.3) is 0 Å². The zero-order valence-corrected chi connectivity index (χ0v) is 15.2. The molecule has 0 fully saturated rings. The summed E-state index contributed by atoms with van der Waals surface area (Å²) in [5.74, 6) is 1.88. The van der Waals surface area contributed by atoms with Crippen LogP contribution >= 0.6 is 0 Å². The molecule has 0 radical (unpaired) electrons. The lowest BCUT2D eigenvalue weighted by molar-refractivity contribution is 0.280. The van der Waals surface area contributed by atoms with Crippen molar-refractivity contribution in [3.05, 3.63) is 54.6 Å². The Hall–Kier alpha value is -2.83. The third-order valence-corrected chi connectivity index (χ3v) is 3.46. The number of hydrogen-bond donors (Lipinski definition) is 1. The number of benzene rings is 1. The number of nitrogens with zero attached hydrogens (tertiary/aromatic N) is 3. The van der Waals surface area contributed by atoms with Gasteiger partial charge in [-0.2, -0.15) is 0 Å². The largest absolute Gasteiger partial charge is 0.492 e. The molecule has 0 unspecified atom stereocenters. The molecule has 0 saturated heterocycles. The van der Waals surface area contributed by atoms with Gasteiger partial charge in [0.15, 0.2) is 5.96 Å². The van der Waals surface area contributed by atoms with Crippen LogP contribution in [0, 0.1) is 5.82 Å². The van der Waals surface area contributed by atoms with E-state index < -0.39 is 0 Å². The molecule has 0 aliphatic heterocycles. The number of guanidine groups is 1. The first-order chi connectivity index (χ1) is 12.7. The highest BCUT2D eigenvalue weighted by Gasteiger charge is 2.06. The fraction of sp³-hybridized carbons (Fsp3) is 0.368. The van der Waals surface area contributed by atoms with Crippen molar-refractivity contribution in [3.63, 3.8) is 0 Å². The maximum Gasteiger partial charge on any atom is 0.193 e. The van der Waals surface area contributed by atoms with Crippen LogP contribution in [0.3, 0.4) is 0 Å². The van der Waals surface area contributed by atoms with Gasteiger partial charge in [0, 0.05) is 19.8 Å². The Morgan fingerprint density at radius 3 is 2.62 bits per heavy atom. The summed E-state index contributed by atoms with van der Waals surface area (Å²) in [6.45, 7) is 4.91. The predicted octanol–water partition coefficient (Wildman–Crippen LogP) is 2.58. The molecule has 1 aromatic heterocycles. The van der Waals surface area contributed by atoms with Crippen LogP contribution < -0.4 is 14.8 Å². The van der Waals surface area contributed by atoms with Crippen LogP contribution in [-0.2, 0) is 0 Å². The number of nitrogens with one attached hydrogen (secondary N) is 1. The second-order valence-electron chi connectivity index (χ2n) is 5.50. The second kappa shape index (κ2) is 10.9. The van der Waals surface area contributed by atoms with E-state index in [1.807, 2.05) is 31.0 Å². The molecular formula is C19H25FN4O2. The summed E-state index contributed by atoms with van der Waals surface area (Å²) >= 11 is 0. The van der Waals surface area contributed by atoms with Gasteiger partial charge in [0.05, 0.1) is 19.3 Å². The maximum absolute atomic E-state index is 12.9. The van der Waals surface area contributed by atoms with E-state index in [2.05, 4.69) is 15.3 Å². The van der Waals surface area contributed by atoms with Crippen molar-refractivity contribution < 1.29 is 13.9 Å². The Morgan fingerprint density at radius 2 is 1.92 bits per heavy atom. The fourth-order valence-electron chi connectivity index (χ4n) is 2.15. The standard InChI is InChI=1S/C19H25FN4O2/c1-3-22-19(23-11-13-25-18-5-4-10-21-15-18)24(2)12-14-26-17-8-6-16(20)7-9-17/h4-10,15H,3,11-14H2,1-2H3,(H,22,23). The summed E-state index contributed by atoms with van der Waals surface area (Å²) in [6.07, 6.45) is 3.38. The number of hydrogen-bond acceptors (Lipinski definition) is 4. The predicted molar refractivity (Wildman–Crippen MR) is 100 cm³/mol. The maximum atomic E-state index is 12.9. The van der Waals surface area contributed by atoms with Crippen molar-refractivity contribution in [1.29, 1.82) is 0 Å². The van der Waals surface area contributed by atoms with Gasteiger partial charge in [-0.05, 0) is 43.3 Å². The van der Waals surface area contributed by atoms with E-state index in [9.17, 15) is 4.39 Å². The minimum absolute atomic E-state index is 0.274. The molecule has 6 nitrogen and oxygen atoms in total. The van der Waals surface area contributed by atoms with Gasteiger partial charge in [0.1, 0.15) is 30.5 Å². The van der Waals surface area contributed by atoms with E-state index in [-0.39, 0.29) is 5.82 Å². The fourth-order valence-corrected chi connectivity index (χ4v) is 2.15. The molecule has 0 aliphatic rings. The molecule has 0 spiro atoms. The zero-order chi connectivity index (χ0) is 18.6. The van der Waals surface area contributed by atoms with Gasteiger partial charge >= 0.3 is 0 Å². The summed E-state index contributed by atoms with van der Waals surface area (Å²) in [5.41, 5.74) is 0. The van der Waals surface area contributed by atoms with Crippen LogP contribution in [0.5, 0.6) is 11.5 Å². The molecule has 0 amide bonds. The lowest BCUT2D eigenvalue weighted by Gasteiger charge is -2.22. The first-order valence-electron chi connectivity index (χ1n) is 8.59. The Kier molecular flexibility index (Phi) is 8.18. The third kappa shape index (κ3) is 6.96. The van der Waals surface area contributed by atoms with Gasteiger partial charge in [-0.15, -0.1) is 0 Å². The van der Waals surface area contributed by atoms with E-state index in [0.717, 1.165) is 18.3 Å². The Balaban J connectivity index is 1.75. The number of ether oxygens (including phenoxy) is 2. The minimum Gasteiger partial charge on any atom is -0.492 e. The molecule has 1 N–H and O–H groups in total. The molecule has 140 valence electrons. The monoisotopic (exact) mass is 360 g/mol. The number of aromatic nitrogens is 1. The van der Waals surface area contributed by atoms with Crippen LogP contribution in [-0.4, -0.2) is 55.7 Å². The van der Waals surface area contributed by atoms with E-state index >= 15 is 0 Å². The molecule has 7 heteroatoms. The topological polar surface area (TPSA) is 59.0 Å². The Morgan fingerprint density at radius 1 is 1.15 bits per heavy atom. The summed E-state index contributed by atoms with van der Waals surface area (Å²) in [5, 5.41) is 3.24. The molecule has 1 heterocycles. The summed E-state index contributed by atoms with van der Waals surface area (Å²) in [7, 11) is 1.94. The van der Waals surface area contributed by atoms with Gasteiger partial charge in [-0.1, -0.05) is 0 Å². The van der Waals surface area contributed by atoms with E-state index in [0.29, 0.717) is 32.1 Å². The summed E-state index contributed by atoms with van der Waals surface area (Å²) in [6, 6.07) is 9.69. The van der Waals surface area contributed by atoms with Crippen molar-refractivity contribution in [2.24, 2.45) is 4.99 Å². The van der Waals surface area contributed by atoms with Gasteiger partial charge < -0.3 is 19.7 Å². The van der Waals surface area contributed by atoms with Crippen molar-refractivity contribution in [2.45, 2.75) is 6.92 Å². The van der Waals surface area contributed by atoms with Crippen molar-refractivity contribution in [2.75, 3.05) is 39.9 Å². The van der Waals surface area contributed by atoms with Crippen LogP contribution in [0.15, 0.2) is 53.8 Å². The highest BCUT2D eigenvalue weighted by molar-refractivity contribution is 5.79. The van der Waals surface area contributed by atoms with E-state index in [1.165, 1.54) is 12.1 Å². The van der Waals surface area contributed by atoms with Gasteiger partial charge in [-0.3, -0.25) is 4.98 Å². The van der Waals surface area contributed by atoms with Gasteiger partial charge in [0.2, 0.25) is 0 Å². The SMILES string of the molecule is CCNC(=NCCOc1cccnc1)N(C)CCOc1ccc(F)cc1. The number of halogens is 1. The molecular weight excluding hydrogens is 335 g/mol. The minimum atomic E-state index is -0.274. The highest BCUT2D eigenvalue weighted by Crippen LogP contribution is 2.10. The Labute approximate surface area is 153 Å². The number of likely N-dealkylation sites (N-methyl/N-ethyl adjacent to an activating group) is 1. The molecule has 0 bridgehead atoms. The number of aliphatic imine (C=N–C) groups is 1. The Bertz CT molecular complexity index is 665. The van der Waals surface area contributed by atoms with E-state index in [1.54, 1.807) is 24.5 Å². The first-order valence-corrected chi connectivity index (χ1v) is 8.59. The van der Waals surface area contributed by atoms with Crippen LogP contribution in [0.2, 0.25) is 0 Å². The third-order valence-electron chi connectivity index (χ3n) is 3.46. The normalized spacial score (nSPS) is 11.1. The van der Waals surface area contributed by atoms with Crippen LogP contribution in [0.4, 0.5) is 4.39 Å². The van der Waals surface area contributed by atoms with Crippen molar-refractivity contribution in [1.82, 2.24) is 15.2 Å². The molecule has 2 rings (SSSR count). The number of pyridine rings is 1. The van der Waals surface area contributed by atoms with E-state index in [4.69, 9.17) is 9.47 Å². The smallest absolute Gasteiger partial charge is 0.193 e. The van der Waals surface area contributed by atoms with Crippen LogP contribution in [0.25, 0.3) is 0 Å². The quantitative estimate of drug-likeness (QED) is 0.423. The lowest BCUT2D eigenvalue weighted by atomic mass is 10.3. The molecule has 0 aliphatic carbocycles. The molecule has 26 heavy (non-hydrogen) atoms. The molecule has 1 aromatic carbocycles. The summed E-state index contributed by atoms with van der Waals surface area (Å²) < 4.78 is 24.1. The lowest BCUT2D eigenvalue weighted by Crippen LogP contribution is -2.41. The summed E-state index contributed by atoms with van der Waals surface area (Å²) in [4.78, 5) is 10.5. The molecule has 0 saturated carbocycles. The van der Waals surface area contributed by atoms with Crippen molar-refractivity contribution >= 4 is 5.96 Å².